The van der Waals surface area contributed by atoms with Crippen molar-refractivity contribution < 1.29 is 14.7 Å². The molecular weight excluding hydrogens is 444 g/mol. The van der Waals surface area contributed by atoms with Gasteiger partial charge in [-0.3, -0.25) is 9.78 Å². The number of aromatic nitrogens is 4. The molecule has 0 aliphatic heterocycles. The Bertz CT molecular complexity index is 1290. The largest absolute Gasteiger partial charge is 0.465 e. The van der Waals surface area contributed by atoms with Gasteiger partial charge in [-0.15, -0.1) is 0 Å². The maximum atomic E-state index is 13.0. The minimum Gasteiger partial charge on any atom is -0.465 e. The van der Waals surface area contributed by atoms with Gasteiger partial charge < -0.3 is 26.4 Å². The van der Waals surface area contributed by atoms with Crippen LogP contribution >= 0.6 is 11.5 Å². The van der Waals surface area contributed by atoms with Crippen molar-refractivity contribution in [3.05, 3.63) is 60.0 Å². The minimum absolute atomic E-state index is 0.247. The maximum Gasteiger partial charge on any atom is 0.404 e. The normalized spacial score (nSPS) is 10.6. The second-order valence-corrected chi connectivity index (χ2v) is 7.66. The number of anilines is 4. The van der Waals surface area contributed by atoms with Crippen molar-refractivity contribution in [1.29, 1.82) is 0 Å². The molecule has 1 aromatic carbocycles. The monoisotopic (exact) mass is 464 g/mol. The van der Waals surface area contributed by atoms with Crippen LogP contribution in [0.3, 0.4) is 0 Å². The lowest BCUT2D eigenvalue weighted by atomic mass is 10.2. The predicted molar refractivity (Wildman–Crippen MR) is 126 cm³/mol. The molecule has 0 bridgehead atoms. The Morgan fingerprint density at radius 2 is 1.82 bits per heavy atom. The Labute approximate surface area is 192 Å². The fraction of sp³-hybridized carbons (Fsp3) is 0.143. The van der Waals surface area contributed by atoms with E-state index in [9.17, 15) is 9.59 Å². The predicted octanol–water partition coefficient (Wildman–Crippen LogP) is 3.47. The third-order valence-corrected chi connectivity index (χ3v) is 5.36. The molecule has 3 aromatic heterocycles. The summed E-state index contributed by atoms with van der Waals surface area (Å²) in [6.45, 7) is 2.40. The first-order chi connectivity index (χ1) is 16.0. The average molecular weight is 465 g/mol. The molecule has 0 fully saturated rings. The number of carbonyl (C=O) groups is 2. The van der Waals surface area contributed by atoms with Crippen LogP contribution in [0, 0.1) is 6.92 Å². The van der Waals surface area contributed by atoms with Gasteiger partial charge in [0.25, 0.3) is 5.91 Å². The summed E-state index contributed by atoms with van der Waals surface area (Å²) in [7, 11) is 0. The van der Waals surface area contributed by atoms with Crippen molar-refractivity contribution >= 4 is 56.9 Å². The van der Waals surface area contributed by atoms with Crippen LogP contribution in [0.4, 0.5) is 27.1 Å². The summed E-state index contributed by atoms with van der Waals surface area (Å²) < 4.78 is 4.30. The highest BCUT2D eigenvalue weighted by Crippen LogP contribution is 2.28. The molecule has 0 aliphatic carbocycles. The van der Waals surface area contributed by atoms with Gasteiger partial charge in [0.2, 0.25) is 0 Å². The summed E-state index contributed by atoms with van der Waals surface area (Å²) in [5.74, 6) is 0.748. The number of nitrogens with one attached hydrogen (secondary N) is 4. The zero-order valence-electron chi connectivity index (χ0n) is 17.5. The van der Waals surface area contributed by atoms with Gasteiger partial charge in [0, 0.05) is 13.1 Å². The quantitative estimate of drug-likeness (QED) is 0.247. The summed E-state index contributed by atoms with van der Waals surface area (Å²) in [5, 5.41) is 20.3. The van der Waals surface area contributed by atoms with E-state index in [0.717, 1.165) is 11.0 Å². The van der Waals surface area contributed by atoms with Crippen molar-refractivity contribution in [3.8, 4) is 0 Å². The van der Waals surface area contributed by atoms with E-state index in [0.29, 0.717) is 40.1 Å². The van der Waals surface area contributed by atoms with Gasteiger partial charge >= 0.3 is 6.09 Å². The number of nitrogens with zero attached hydrogens (tertiary/aromatic N) is 4. The Morgan fingerprint density at radius 1 is 1.00 bits per heavy atom. The highest BCUT2D eigenvalue weighted by atomic mass is 32.1. The first-order valence-corrected chi connectivity index (χ1v) is 10.7. The molecule has 4 rings (SSSR count). The van der Waals surface area contributed by atoms with E-state index in [4.69, 9.17) is 5.11 Å². The molecular formula is C21H20N8O3S. The molecule has 2 amide bonds. The fourth-order valence-electron chi connectivity index (χ4n) is 2.98. The smallest absolute Gasteiger partial charge is 0.404 e. The van der Waals surface area contributed by atoms with Crippen LogP contribution in [0.2, 0.25) is 0 Å². The van der Waals surface area contributed by atoms with E-state index in [2.05, 4.69) is 40.6 Å². The van der Waals surface area contributed by atoms with Crippen LogP contribution in [0.1, 0.15) is 16.1 Å². The Balaban J connectivity index is 1.42. The number of hydrogen-bond acceptors (Lipinski definition) is 9. The second-order valence-electron chi connectivity index (χ2n) is 6.89. The summed E-state index contributed by atoms with van der Waals surface area (Å²) in [5.41, 5.74) is 3.04. The van der Waals surface area contributed by atoms with Crippen LogP contribution < -0.4 is 21.3 Å². The van der Waals surface area contributed by atoms with Crippen molar-refractivity contribution in [3.63, 3.8) is 0 Å². The zero-order valence-corrected chi connectivity index (χ0v) is 18.3. The number of amides is 2. The topological polar surface area (TPSA) is 154 Å². The molecule has 0 atom stereocenters. The number of benzene rings is 1. The number of hydrogen-bond donors (Lipinski definition) is 5. The molecule has 0 aliphatic rings. The molecule has 0 saturated heterocycles. The van der Waals surface area contributed by atoms with E-state index in [1.165, 1.54) is 17.7 Å². The summed E-state index contributed by atoms with van der Waals surface area (Å²) in [4.78, 5) is 36.5. The lowest BCUT2D eigenvalue weighted by Gasteiger charge is -2.09. The molecule has 11 nitrogen and oxygen atoms in total. The van der Waals surface area contributed by atoms with Crippen LogP contribution in [0.5, 0.6) is 0 Å². The molecule has 0 saturated carbocycles. The number of rotatable bonds is 8. The van der Waals surface area contributed by atoms with Crippen molar-refractivity contribution in [1.82, 2.24) is 24.6 Å². The number of fused-ring (bicyclic) bond motifs is 1. The number of aryl methyl sites for hydroxylation is 1. The first kappa shape index (κ1) is 21.9. The van der Waals surface area contributed by atoms with Gasteiger partial charge in [0.15, 0.2) is 0 Å². The average Bonchev–Trinajstić information content (AvgIpc) is 3.17. The van der Waals surface area contributed by atoms with E-state index >= 15 is 0 Å². The molecule has 0 radical (unpaired) electrons. The Kier molecular flexibility index (Phi) is 6.55. The van der Waals surface area contributed by atoms with Gasteiger partial charge in [-0.2, -0.15) is 4.37 Å². The minimum atomic E-state index is -1.08. The van der Waals surface area contributed by atoms with E-state index in [-0.39, 0.29) is 12.5 Å². The van der Waals surface area contributed by atoms with Crippen LogP contribution in [-0.2, 0) is 0 Å². The van der Waals surface area contributed by atoms with E-state index < -0.39 is 6.09 Å². The summed E-state index contributed by atoms with van der Waals surface area (Å²) >= 11 is 1.17. The van der Waals surface area contributed by atoms with Gasteiger partial charge in [-0.05, 0) is 42.7 Å². The number of pyridine rings is 1. The van der Waals surface area contributed by atoms with Crippen molar-refractivity contribution in [2.75, 3.05) is 29.0 Å². The molecule has 168 valence electrons. The van der Waals surface area contributed by atoms with Crippen LogP contribution in [0.15, 0.2) is 48.8 Å². The third-order valence-electron chi connectivity index (χ3n) is 4.51. The fourth-order valence-corrected chi connectivity index (χ4v) is 3.78. The zero-order chi connectivity index (χ0) is 23.2. The van der Waals surface area contributed by atoms with Crippen LogP contribution in [0.25, 0.3) is 11.0 Å². The maximum absolute atomic E-state index is 13.0. The van der Waals surface area contributed by atoms with Crippen LogP contribution in [-0.4, -0.2) is 49.5 Å². The standard InChI is InChI=1S/C21H20N8O3S/c1-12-18(19(30)26-13-6-7-16(25-10-13)22-8-9-23-21(31)32)20(33-29-12)28-17-11-24-14-4-2-3-5-15(14)27-17/h2-7,10-11,23H,8-9H2,1H3,(H,22,25)(H,26,30)(H,27,28)(H,31,32). The Morgan fingerprint density at radius 3 is 2.58 bits per heavy atom. The van der Waals surface area contributed by atoms with Crippen molar-refractivity contribution in [2.45, 2.75) is 6.92 Å². The molecule has 5 N–H and O–H groups in total. The SMILES string of the molecule is Cc1nsc(Nc2cnc3ccccc3n2)c1C(=O)Nc1ccc(NCCNC(=O)O)nc1. The van der Waals surface area contributed by atoms with Gasteiger partial charge in [-0.1, -0.05) is 12.1 Å². The molecule has 0 spiro atoms. The molecule has 0 unspecified atom stereocenters. The van der Waals surface area contributed by atoms with Gasteiger partial charge in [-0.25, -0.2) is 14.8 Å². The third kappa shape index (κ3) is 5.49. The Hall–Kier alpha value is -4.32. The number of para-hydroxylation sites is 2. The number of carbonyl (C=O) groups excluding carboxylic acids is 1. The van der Waals surface area contributed by atoms with E-state index in [1.807, 2.05) is 24.3 Å². The van der Waals surface area contributed by atoms with E-state index in [1.54, 1.807) is 25.3 Å². The molecule has 33 heavy (non-hydrogen) atoms. The number of carboxylic acid groups (broad SMARTS) is 1. The highest BCUT2D eigenvalue weighted by Gasteiger charge is 2.19. The summed E-state index contributed by atoms with van der Waals surface area (Å²) in [6.07, 6.45) is 2.05. The molecule has 4 aromatic rings. The molecule has 12 heteroatoms. The second kappa shape index (κ2) is 9.87. The first-order valence-electron chi connectivity index (χ1n) is 9.93. The summed E-state index contributed by atoms with van der Waals surface area (Å²) in [6, 6.07) is 10.9. The van der Waals surface area contributed by atoms with Crippen molar-refractivity contribution in [2.24, 2.45) is 0 Å². The molecule has 3 heterocycles. The lowest BCUT2D eigenvalue weighted by molar-refractivity contribution is 0.102. The van der Waals surface area contributed by atoms with Gasteiger partial charge in [0.1, 0.15) is 16.6 Å². The van der Waals surface area contributed by atoms with Gasteiger partial charge in [0.05, 0.1) is 40.4 Å². The lowest BCUT2D eigenvalue weighted by Crippen LogP contribution is -2.27. The highest BCUT2D eigenvalue weighted by molar-refractivity contribution is 7.10.